The van der Waals surface area contributed by atoms with Crippen LogP contribution in [0.15, 0.2) is 18.3 Å². The average Bonchev–Trinajstić information content (AvgIpc) is 2.39. The fraction of sp³-hybridized carbons (Fsp3) is 0.417. The van der Waals surface area contributed by atoms with Crippen molar-refractivity contribution in [1.82, 2.24) is 9.88 Å². The Morgan fingerprint density at radius 2 is 2.47 bits per heavy atom. The highest BCUT2D eigenvalue weighted by Gasteiger charge is 2.25. The second kappa shape index (κ2) is 4.93. The van der Waals surface area contributed by atoms with Gasteiger partial charge in [-0.15, -0.1) is 0 Å². The van der Waals surface area contributed by atoms with Crippen molar-refractivity contribution in [3.05, 3.63) is 29.6 Å². The number of ether oxygens (including phenoxy) is 1. The van der Waals surface area contributed by atoms with Crippen molar-refractivity contribution in [1.29, 1.82) is 5.26 Å². The Labute approximate surface area is 99.6 Å². The van der Waals surface area contributed by atoms with Gasteiger partial charge in [-0.25, -0.2) is 4.98 Å². The van der Waals surface area contributed by atoms with E-state index in [4.69, 9.17) is 10.00 Å². The lowest BCUT2D eigenvalue weighted by molar-refractivity contribution is 0.00327. The maximum absolute atomic E-state index is 12.1. The van der Waals surface area contributed by atoms with E-state index in [-0.39, 0.29) is 11.9 Å². The lowest BCUT2D eigenvalue weighted by Gasteiger charge is -2.33. The topological polar surface area (TPSA) is 66.2 Å². The molecule has 0 aliphatic carbocycles. The third kappa shape index (κ3) is 2.43. The number of carbonyl (C=O) groups excluding carboxylic acids is 1. The molecule has 88 valence electrons. The van der Waals surface area contributed by atoms with Crippen LogP contribution in [0, 0.1) is 11.3 Å². The smallest absolute Gasteiger partial charge is 0.272 e. The molecule has 1 aromatic heterocycles. The van der Waals surface area contributed by atoms with Gasteiger partial charge < -0.3 is 9.64 Å². The van der Waals surface area contributed by atoms with Gasteiger partial charge in [0, 0.05) is 12.7 Å². The molecule has 0 aromatic carbocycles. The molecule has 1 saturated heterocycles. The van der Waals surface area contributed by atoms with Gasteiger partial charge in [0.1, 0.15) is 11.8 Å². The zero-order valence-corrected chi connectivity index (χ0v) is 9.59. The quantitative estimate of drug-likeness (QED) is 0.717. The molecule has 17 heavy (non-hydrogen) atoms. The second-order valence-electron chi connectivity index (χ2n) is 3.97. The molecule has 2 heterocycles. The molecule has 0 N–H and O–H groups in total. The molecule has 0 spiro atoms. The van der Waals surface area contributed by atoms with Crippen molar-refractivity contribution in [2.75, 3.05) is 19.8 Å². The van der Waals surface area contributed by atoms with Crippen LogP contribution in [0.4, 0.5) is 0 Å². The summed E-state index contributed by atoms with van der Waals surface area (Å²) in [5, 5.41) is 8.66. The van der Waals surface area contributed by atoms with Crippen LogP contribution in [0.5, 0.6) is 0 Å². The minimum absolute atomic E-state index is 0.0636. The van der Waals surface area contributed by atoms with E-state index < -0.39 is 0 Å². The number of morpholine rings is 1. The molecule has 0 radical (unpaired) electrons. The maximum Gasteiger partial charge on any atom is 0.272 e. The summed E-state index contributed by atoms with van der Waals surface area (Å²) in [4.78, 5) is 17.9. The molecule has 1 fully saturated rings. The highest BCUT2D eigenvalue weighted by atomic mass is 16.5. The van der Waals surface area contributed by atoms with Gasteiger partial charge in [0.2, 0.25) is 0 Å². The number of rotatable bonds is 1. The standard InChI is InChI=1S/C12H13N3O2/c1-9-8-17-5-4-15(9)12(16)11-3-2-10(6-13)7-14-11/h2-3,7,9H,4-5,8H2,1H3/t9-/m1/s1. The first-order chi connectivity index (χ1) is 8.22. The largest absolute Gasteiger partial charge is 0.377 e. The van der Waals surface area contributed by atoms with Crippen LogP contribution in [0.25, 0.3) is 0 Å². The molecule has 1 amide bonds. The molecule has 1 atom stereocenters. The van der Waals surface area contributed by atoms with E-state index in [0.717, 1.165) is 0 Å². The van der Waals surface area contributed by atoms with E-state index in [0.29, 0.717) is 31.0 Å². The molecule has 0 unspecified atom stereocenters. The molecule has 5 heteroatoms. The number of hydrogen-bond donors (Lipinski definition) is 0. The molecule has 5 nitrogen and oxygen atoms in total. The Hall–Kier alpha value is -1.93. The number of nitrogens with zero attached hydrogens (tertiary/aromatic N) is 3. The van der Waals surface area contributed by atoms with Gasteiger partial charge in [0.05, 0.1) is 24.8 Å². The zero-order chi connectivity index (χ0) is 12.3. The monoisotopic (exact) mass is 231 g/mol. The predicted molar refractivity (Wildman–Crippen MR) is 60.3 cm³/mol. The van der Waals surface area contributed by atoms with Gasteiger partial charge in [-0.05, 0) is 19.1 Å². The molecule has 0 saturated carbocycles. The van der Waals surface area contributed by atoms with Gasteiger partial charge in [0.25, 0.3) is 5.91 Å². The van der Waals surface area contributed by atoms with Crippen LogP contribution in [-0.4, -0.2) is 41.6 Å². The number of amides is 1. The van der Waals surface area contributed by atoms with Crippen LogP contribution in [0.3, 0.4) is 0 Å². The fourth-order valence-corrected chi connectivity index (χ4v) is 1.76. The Morgan fingerprint density at radius 1 is 1.65 bits per heavy atom. The molecule has 2 rings (SSSR count). The molecule has 1 aromatic rings. The Balaban J connectivity index is 2.15. The van der Waals surface area contributed by atoms with Crippen molar-refractivity contribution >= 4 is 5.91 Å². The van der Waals surface area contributed by atoms with E-state index in [1.54, 1.807) is 17.0 Å². The predicted octanol–water partition coefficient (Wildman–Crippen LogP) is 0.814. The highest BCUT2D eigenvalue weighted by molar-refractivity contribution is 5.92. The number of aromatic nitrogens is 1. The van der Waals surface area contributed by atoms with Gasteiger partial charge in [-0.2, -0.15) is 5.26 Å². The highest BCUT2D eigenvalue weighted by Crippen LogP contribution is 2.11. The maximum atomic E-state index is 12.1. The van der Waals surface area contributed by atoms with Crippen molar-refractivity contribution in [2.24, 2.45) is 0 Å². The number of carbonyl (C=O) groups is 1. The second-order valence-corrected chi connectivity index (χ2v) is 3.97. The molecule has 0 bridgehead atoms. The fourth-order valence-electron chi connectivity index (χ4n) is 1.76. The number of pyridine rings is 1. The summed E-state index contributed by atoms with van der Waals surface area (Å²) in [5.74, 6) is -0.106. The van der Waals surface area contributed by atoms with Gasteiger partial charge >= 0.3 is 0 Å². The summed E-state index contributed by atoms with van der Waals surface area (Å²) in [6.07, 6.45) is 1.42. The third-order valence-electron chi connectivity index (χ3n) is 2.74. The van der Waals surface area contributed by atoms with Gasteiger partial charge in [0.15, 0.2) is 0 Å². The summed E-state index contributed by atoms with van der Waals surface area (Å²) in [6.45, 7) is 3.65. The van der Waals surface area contributed by atoms with Gasteiger partial charge in [-0.3, -0.25) is 4.79 Å². The minimum atomic E-state index is -0.106. The molecule has 1 aliphatic heterocycles. The van der Waals surface area contributed by atoms with Crippen LogP contribution in [0.1, 0.15) is 23.0 Å². The van der Waals surface area contributed by atoms with E-state index >= 15 is 0 Å². The van der Waals surface area contributed by atoms with Crippen molar-refractivity contribution < 1.29 is 9.53 Å². The minimum Gasteiger partial charge on any atom is -0.377 e. The van der Waals surface area contributed by atoms with Crippen molar-refractivity contribution in [2.45, 2.75) is 13.0 Å². The van der Waals surface area contributed by atoms with E-state index in [2.05, 4.69) is 4.98 Å². The summed E-state index contributed by atoms with van der Waals surface area (Å²) in [7, 11) is 0. The molecular weight excluding hydrogens is 218 g/mol. The van der Waals surface area contributed by atoms with Crippen LogP contribution in [-0.2, 0) is 4.74 Å². The molecular formula is C12H13N3O2. The van der Waals surface area contributed by atoms with E-state index in [9.17, 15) is 4.79 Å². The first kappa shape index (κ1) is 11.6. The van der Waals surface area contributed by atoms with Crippen LogP contribution >= 0.6 is 0 Å². The Bertz CT molecular complexity index is 450. The van der Waals surface area contributed by atoms with Crippen LogP contribution < -0.4 is 0 Å². The van der Waals surface area contributed by atoms with Gasteiger partial charge in [-0.1, -0.05) is 0 Å². The first-order valence-corrected chi connectivity index (χ1v) is 5.47. The summed E-state index contributed by atoms with van der Waals surface area (Å²) >= 11 is 0. The Kier molecular flexibility index (Phi) is 3.35. The normalized spacial score (nSPS) is 19.8. The summed E-state index contributed by atoms with van der Waals surface area (Å²) < 4.78 is 5.28. The lowest BCUT2D eigenvalue weighted by atomic mass is 10.2. The third-order valence-corrected chi connectivity index (χ3v) is 2.74. The van der Waals surface area contributed by atoms with Crippen molar-refractivity contribution in [3.8, 4) is 6.07 Å². The van der Waals surface area contributed by atoms with Crippen LogP contribution in [0.2, 0.25) is 0 Å². The van der Waals surface area contributed by atoms with E-state index in [1.165, 1.54) is 6.20 Å². The Morgan fingerprint density at radius 3 is 3.06 bits per heavy atom. The zero-order valence-electron chi connectivity index (χ0n) is 9.59. The average molecular weight is 231 g/mol. The lowest BCUT2D eigenvalue weighted by Crippen LogP contribution is -2.47. The van der Waals surface area contributed by atoms with Crippen molar-refractivity contribution in [3.63, 3.8) is 0 Å². The first-order valence-electron chi connectivity index (χ1n) is 5.47. The summed E-state index contributed by atoms with van der Waals surface area (Å²) in [6, 6.07) is 5.23. The summed E-state index contributed by atoms with van der Waals surface area (Å²) in [5.41, 5.74) is 0.828. The SMILES string of the molecule is C[C@@H]1COCCN1C(=O)c1ccc(C#N)cn1. The molecule has 1 aliphatic rings. The number of nitriles is 1. The number of hydrogen-bond acceptors (Lipinski definition) is 4. The van der Waals surface area contributed by atoms with E-state index in [1.807, 2.05) is 13.0 Å².